The third-order valence-corrected chi connectivity index (χ3v) is 7.38. The lowest BCUT2D eigenvalue weighted by Crippen LogP contribution is -2.50. The van der Waals surface area contributed by atoms with E-state index >= 15 is 0 Å². The van der Waals surface area contributed by atoms with Gasteiger partial charge in [0.2, 0.25) is 0 Å². The fourth-order valence-electron chi connectivity index (χ4n) is 4.98. The molecule has 2 heterocycles. The van der Waals surface area contributed by atoms with Crippen LogP contribution in [-0.2, 0) is 0 Å². The second-order valence-corrected chi connectivity index (χ2v) is 9.95. The minimum Gasteiger partial charge on any atom is -0.457 e. The van der Waals surface area contributed by atoms with Gasteiger partial charge in [-0.15, -0.1) is 0 Å². The number of carbonyl (C=O) groups excluding carboxylic acids is 1. The van der Waals surface area contributed by atoms with Crippen LogP contribution in [-0.4, -0.2) is 41.0 Å². The molecule has 2 aliphatic rings. The Morgan fingerprint density at radius 3 is 2.26 bits per heavy atom. The molecule has 3 aromatic carbocycles. The van der Waals surface area contributed by atoms with Crippen LogP contribution in [0.3, 0.4) is 0 Å². The first-order valence-corrected chi connectivity index (χ1v) is 12.3. The first kappa shape index (κ1) is 23.0. The zero-order chi connectivity index (χ0) is 23.8. The van der Waals surface area contributed by atoms with Crippen LogP contribution >= 0.6 is 23.2 Å². The van der Waals surface area contributed by atoms with E-state index in [1.165, 1.54) is 5.56 Å². The number of halogens is 2. The highest BCUT2D eigenvalue weighted by atomic mass is 35.5. The summed E-state index contributed by atoms with van der Waals surface area (Å²) in [6.07, 6.45) is 0.978. The lowest BCUT2D eigenvalue weighted by atomic mass is 10.1. The summed E-state index contributed by atoms with van der Waals surface area (Å²) in [4.78, 5) is 17.4. The van der Waals surface area contributed by atoms with Crippen molar-refractivity contribution in [3.63, 3.8) is 0 Å². The summed E-state index contributed by atoms with van der Waals surface area (Å²) < 4.78 is 5.87. The monoisotopic (exact) mass is 495 g/mol. The minimum atomic E-state index is -0.0588. The van der Waals surface area contributed by atoms with Crippen LogP contribution in [0.2, 0.25) is 10.0 Å². The van der Waals surface area contributed by atoms with Gasteiger partial charge >= 0.3 is 6.03 Å². The number of aryl methyl sites for hydroxylation is 1. The van der Waals surface area contributed by atoms with Crippen LogP contribution in [0.4, 0.5) is 10.5 Å². The molecule has 0 spiro atoms. The lowest BCUT2D eigenvalue weighted by molar-refractivity contribution is 0.115. The molecule has 0 saturated carbocycles. The fourth-order valence-corrected chi connectivity index (χ4v) is 5.55. The number of benzene rings is 3. The van der Waals surface area contributed by atoms with Gasteiger partial charge in [-0.2, -0.15) is 0 Å². The molecule has 3 aromatic rings. The molecule has 34 heavy (non-hydrogen) atoms. The predicted molar refractivity (Wildman–Crippen MR) is 137 cm³/mol. The molecule has 2 fully saturated rings. The van der Waals surface area contributed by atoms with Crippen molar-refractivity contribution in [1.82, 2.24) is 9.80 Å². The van der Waals surface area contributed by atoms with Gasteiger partial charge in [-0.3, -0.25) is 4.90 Å². The van der Waals surface area contributed by atoms with E-state index in [9.17, 15) is 4.79 Å². The number of amides is 2. The zero-order valence-electron chi connectivity index (χ0n) is 19.2. The van der Waals surface area contributed by atoms with E-state index < -0.39 is 0 Å². The molecule has 2 saturated heterocycles. The topological polar surface area (TPSA) is 44.8 Å². The van der Waals surface area contributed by atoms with E-state index in [1.54, 1.807) is 6.07 Å². The van der Waals surface area contributed by atoms with Gasteiger partial charge in [0, 0.05) is 46.9 Å². The summed E-state index contributed by atoms with van der Waals surface area (Å²) >= 11 is 12.5. The molecule has 1 N–H and O–H groups in total. The van der Waals surface area contributed by atoms with Crippen molar-refractivity contribution in [2.75, 3.05) is 18.4 Å². The molecule has 0 radical (unpaired) electrons. The number of piperazine rings is 1. The third kappa shape index (κ3) is 4.74. The van der Waals surface area contributed by atoms with Crippen molar-refractivity contribution in [2.45, 2.75) is 38.4 Å². The Morgan fingerprint density at radius 1 is 0.971 bits per heavy atom. The van der Waals surface area contributed by atoms with Crippen molar-refractivity contribution in [1.29, 1.82) is 0 Å². The summed E-state index contributed by atoms with van der Waals surface area (Å²) in [6.45, 7) is 5.75. The summed E-state index contributed by atoms with van der Waals surface area (Å²) in [6, 6.07) is 21.7. The smallest absolute Gasteiger partial charge is 0.322 e. The minimum absolute atomic E-state index is 0.0588. The highest BCUT2D eigenvalue weighted by molar-refractivity contribution is 6.35. The number of anilines is 1. The van der Waals surface area contributed by atoms with Crippen LogP contribution < -0.4 is 10.1 Å². The van der Waals surface area contributed by atoms with E-state index in [0.717, 1.165) is 35.7 Å². The van der Waals surface area contributed by atoms with Crippen LogP contribution in [0.15, 0.2) is 66.7 Å². The van der Waals surface area contributed by atoms with Gasteiger partial charge in [0.1, 0.15) is 11.5 Å². The summed E-state index contributed by atoms with van der Waals surface area (Å²) in [5.74, 6) is 1.52. The van der Waals surface area contributed by atoms with Gasteiger partial charge in [-0.05, 0) is 74.4 Å². The molecule has 2 amide bonds. The Morgan fingerprint density at radius 2 is 1.65 bits per heavy atom. The fraction of sp³-hybridized carbons (Fsp3) is 0.296. The average molecular weight is 496 g/mol. The van der Waals surface area contributed by atoms with Crippen molar-refractivity contribution in [3.8, 4) is 11.5 Å². The van der Waals surface area contributed by atoms with Gasteiger partial charge < -0.3 is 15.0 Å². The normalized spacial score (nSPS) is 20.4. The lowest BCUT2D eigenvalue weighted by Gasteiger charge is -2.38. The first-order valence-electron chi connectivity index (χ1n) is 11.5. The third-order valence-electron chi connectivity index (χ3n) is 6.82. The molecule has 176 valence electrons. The quantitative estimate of drug-likeness (QED) is 0.408. The standard InChI is InChI=1S/C27H27Cl2N3O2/c1-17-3-8-23(9-4-17)34-24-10-6-20(7-11-24)30-27(33)32-16-21-14-22(32)15-31(21)18(2)25-12-5-19(28)13-26(25)29/h3-13,18,21-22H,14-16H2,1-2H3,(H,30,33). The predicted octanol–water partition coefficient (Wildman–Crippen LogP) is 7.15. The van der Waals surface area contributed by atoms with Crippen LogP contribution in [0.1, 0.15) is 30.5 Å². The number of ether oxygens (including phenoxy) is 1. The van der Waals surface area contributed by atoms with Gasteiger partial charge in [0.15, 0.2) is 0 Å². The summed E-state index contributed by atoms with van der Waals surface area (Å²) in [5, 5.41) is 4.36. The molecule has 5 rings (SSSR count). The highest BCUT2D eigenvalue weighted by Gasteiger charge is 2.47. The van der Waals surface area contributed by atoms with E-state index in [-0.39, 0.29) is 18.1 Å². The summed E-state index contributed by atoms with van der Waals surface area (Å²) in [7, 11) is 0. The van der Waals surface area contributed by atoms with Gasteiger partial charge in [-0.1, -0.05) is 47.0 Å². The van der Waals surface area contributed by atoms with Crippen molar-refractivity contribution in [2.24, 2.45) is 0 Å². The zero-order valence-corrected chi connectivity index (χ0v) is 20.7. The molecular weight excluding hydrogens is 469 g/mol. The van der Waals surface area contributed by atoms with E-state index in [2.05, 4.69) is 17.1 Å². The number of urea groups is 1. The van der Waals surface area contributed by atoms with E-state index in [1.807, 2.05) is 72.5 Å². The Kier molecular flexibility index (Phi) is 6.43. The van der Waals surface area contributed by atoms with Crippen LogP contribution in [0, 0.1) is 6.92 Å². The number of nitrogens with one attached hydrogen (secondary N) is 1. The van der Waals surface area contributed by atoms with E-state index in [0.29, 0.717) is 22.6 Å². The van der Waals surface area contributed by atoms with E-state index in [4.69, 9.17) is 27.9 Å². The van der Waals surface area contributed by atoms with Crippen molar-refractivity contribution >= 4 is 34.9 Å². The number of likely N-dealkylation sites (tertiary alicyclic amines) is 2. The maximum absolute atomic E-state index is 13.0. The van der Waals surface area contributed by atoms with Gasteiger partial charge in [0.05, 0.1) is 0 Å². The maximum Gasteiger partial charge on any atom is 0.322 e. The maximum atomic E-state index is 13.0. The molecule has 0 aromatic heterocycles. The van der Waals surface area contributed by atoms with Gasteiger partial charge in [0.25, 0.3) is 0 Å². The van der Waals surface area contributed by atoms with Gasteiger partial charge in [-0.25, -0.2) is 4.79 Å². The second kappa shape index (κ2) is 9.49. The van der Waals surface area contributed by atoms with Crippen molar-refractivity contribution in [3.05, 3.63) is 87.9 Å². The number of hydrogen-bond acceptors (Lipinski definition) is 3. The second-order valence-electron chi connectivity index (χ2n) is 9.10. The van der Waals surface area contributed by atoms with Crippen molar-refractivity contribution < 1.29 is 9.53 Å². The average Bonchev–Trinajstić information content (AvgIpc) is 3.43. The Balaban J connectivity index is 1.17. The molecular formula is C27H27Cl2N3O2. The largest absolute Gasteiger partial charge is 0.457 e. The molecule has 2 bridgehead atoms. The number of rotatable bonds is 5. The number of carbonyl (C=O) groups is 1. The number of hydrogen-bond donors (Lipinski definition) is 1. The molecule has 2 aliphatic heterocycles. The number of fused-ring (bicyclic) bond motifs is 2. The Bertz CT molecular complexity index is 1180. The Hall–Kier alpha value is -2.73. The molecule has 3 atom stereocenters. The van der Waals surface area contributed by atoms with Crippen LogP contribution in [0.5, 0.6) is 11.5 Å². The SMILES string of the molecule is Cc1ccc(Oc2ccc(NC(=O)N3CC4CC3CN4C(C)c3ccc(Cl)cc3Cl)cc2)cc1. The first-order chi connectivity index (χ1) is 16.4. The summed E-state index contributed by atoms with van der Waals surface area (Å²) in [5.41, 5.74) is 3.01. The van der Waals surface area contributed by atoms with Crippen LogP contribution in [0.25, 0.3) is 0 Å². The highest BCUT2D eigenvalue weighted by Crippen LogP contribution is 2.39. The molecule has 0 aliphatic carbocycles. The molecule has 5 nitrogen and oxygen atoms in total. The number of nitrogens with zero attached hydrogens (tertiary/aromatic N) is 2. The molecule has 7 heteroatoms. The Labute approximate surface area is 210 Å². The molecule has 3 unspecified atom stereocenters.